The topological polar surface area (TPSA) is 21.7 Å². The van der Waals surface area contributed by atoms with Gasteiger partial charge in [-0.3, -0.25) is 0 Å². The lowest BCUT2D eigenvalue weighted by Crippen LogP contribution is -2.23. The fourth-order valence-corrected chi connectivity index (χ4v) is 2.71. The Labute approximate surface area is 105 Å². The Bertz CT molecular complexity index is 384. The summed E-state index contributed by atoms with van der Waals surface area (Å²) in [6.45, 7) is 1.93. The lowest BCUT2D eigenvalue weighted by Gasteiger charge is -2.26. The van der Waals surface area contributed by atoms with Crippen LogP contribution in [-0.2, 0) is 13.0 Å². The SMILES string of the molecule is COc1cc2c(cc1OC)CN(SS)CC2. The second-order valence-electron chi connectivity index (χ2n) is 3.67. The molecule has 5 heteroatoms. The van der Waals surface area contributed by atoms with Crippen LogP contribution < -0.4 is 9.47 Å². The Morgan fingerprint density at radius 1 is 1.19 bits per heavy atom. The normalized spacial score (nSPS) is 15.7. The lowest BCUT2D eigenvalue weighted by atomic mass is 10.0. The van der Waals surface area contributed by atoms with Crippen LogP contribution in [0.4, 0.5) is 0 Å². The monoisotopic (exact) mass is 257 g/mol. The molecule has 0 aromatic heterocycles. The first-order valence-corrected chi connectivity index (χ1v) is 6.91. The molecule has 0 bridgehead atoms. The van der Waals surface area contributed by atoms with Crippen LogP contribution in [0.1, 0.15) is 11.1 Å². The van der Waals surface area contributed by atoms with Crippen LogP contribution in [-0.4, -0.2) is 25.1 Å². The molecule has 0 saturated heterocycles. The molecule has 16 heavy (non-hydrogen) atoms. The van der Waals surface area contributed by atoms with Crippen LogP contribution in [0.25, 0.3) is 0 Å². The Morgan fingerprint density at radius 3 is 2.38 bits per heavy atom. The molecule has 0 fully saturated rings. The van der Waals surface area contributed by atoms with Gasteiger partial charge in [-0.2, -0.15) is 0 Å². The Morgan fingerprint density at radius 2 is 1.81 bits per heavy atom. The van der Waals surface area contributed by atoms with Gasteiger partial charge in [-0.25, -0.2) is 4.31 Å². The van der Waals surface area contributed by atoms with E-state index in [9.17, 15) is 0 Å². The highest BCUT2D eigenvalue weighted by atomic mass is 33.1. The van der Waals surface area contributed by atoms with Crippen LogP contribution in [0.2, 0.25) is 0 Å². The number of fused-ring (bicyclic) bond motifs is 1. The molecule has 0 unspecified atom stereocenters. The van der Waals surface area contributed by atoms with Gasteiger partial charge in [0.1, 0.15) is 0 Å². The van der Waals surface area contributed by atoms with Crippen molar-refractivity contribution in [2.24, 2.45) is 0 Å². The summed E-state index contributed by atoms with van der Waals surface area (Å²) < 4.78 is 12.8. The van der Waals surface area contributed by atoms with Crippen molar-refractivity contribution in [3.05, 3.63) is 23.3 Å². The molecular weight excluding hydrogens is 242 g/mol. The molecular formula is C11H15NO2S2. The van der Waals surface area contributed by atoms with E-state index in [0.29, 0.717) is 0 Å². The van der Waals surface area contributed by atoms with E-state index in [1.165, 1.54) is 22.1 Å². The second kappa shape index (κ2) is 5.21. The minimum absolute atomic E-state index is 0.798. The number of methoxy groups -OCH3 is 2. The predicted octanol–water partition coefficient (Wildman–Crippen LogP) is 2.55. The van der Waals surface area contributed by atoms with E-state index in [-0.39, 0.29) is 0 Å². The first-order chi connectivity index (χ1) is 7.78. The van der Waals surface area contributed by atoms with E-state index in [0.717, 1.165) is 31.0 Å². The molecule has 1 aromatic rings. The third-order valence-corrected chi connectivity index (χ3v) is 4.03. The van der Waals surface area contributed by atoms with Gasteiger partial charge < -0.3 is 9.47 Å². The number of hydrogen-bond donors (Lipinski definition) is 1. The summed E-state index contributed by atoms with van der Waals surface area (Å²) in [4.78, 5) is 0. The number of thiol groups is 1. The maximum atomic E-state index is 5.30. The van der Waals surface area contributed by atoms with Crippen LogP contribution in [0.5, 0.6) is 11.5 Å². The van der Waals surface area contributed by atoms with Gasteiger partial charge in [-0.05, 0) is 40.7 Å². The van der Waals surface area contributed by atoms with Crippen LogP contribution >= 0.6 is 22.6 Å². The van der Waals surface area contributed by atoms with Crippen molar-refractivity contribution < 1.29 is 9.47 Å². The maximum absolute atomic E-state index is 5.30. The third-order valence-electron chi connectivity index (χ3n) is 2.80. The highest BCUT2D eigenvalue weighted by molar-refractivity contribution is 8.67. The van der Waals surface area contributed by atoms with Crippen LogP contribution in [0.15, 0.2) is 12.1 Å². The lowest BCUT2D eigenvalue weighted by molar-refractivity contribution is 0.351. The number of rotatable bonds is 3. The minimum atomic E-state index is 0.798. The zero-order valence-electron chi connectivity index (χ0n) is 9.40. The number of hydrogen-bond acceptors (Lipinski definition) is 5. The van der Waals surface area contributed by atoms with Crippen LogP contribution in [0, 0.1) is 0 Å². The van der Waals surface area contributed by atoms with Crippen molar-refractivity contribution in [3.8, 4) is 11.5 Å². The molecule has 0 N–H and O–H groups in total. The zero-order valence-corrected chi connectivity index (χ0v) is 11.1. The van der Waals surface area contributed by atoms with Gasteiger partial charge in [0.25, 0.3) is 0 Å². The summed E-state index contributed by atoms with van der Waals surface area (Å²) in [7, 11) is 4.82. The molecule has 3 nitrogen and oxygen atoms in total. The van der Waals surface area contributed by atoms with Crippen molar-refractivity contribution in [2.45, 2.75) is 13.0 Å². The maximum Gasteiger partial charge on any atom is 0.161 e. The molecule has 0 amide bonds. The third kappa shape index (κ3) is 2.26. The summed E-state index contributed by atoms with van der Waals surface area (Å²) in [5.74, 6) is 1.61. The number of nitrogens with zero attached hydrogens (tertiary/aromatic N) is 1. The van der Waals surface area contributed by atoms with E-state index < -0.39 is 0 Å². The highest BCUT2D eigenvalue weighted by Gasteiger charge is 2.18. The number of ether oxygens (including phenoxy) is 2. The van der Waals surface area contributed by atoms with Crippen molar-refractivity contribution >= 4 is 22.6 Å². The molecule has 0 spiro atoms. The van der Waals surface area contributed by atoms with Gasteiger partial charge in [0.15, 0.2) is 11.5 Å². The molecule has 2 rings (SSSR count). The quantitative estimate of drug-likeness (QED) is 0.510. The molecule has 1 aromatic carbocycles. The van der Waals surface area contributed by atoms with E-state index in [1.807, 2.05) is 0 Å². The van der Waals surface area contributed by atoms with Gasteiger partial charge in [-0.1, -0.05) is 11.7 Å². The van der Waals surface area contributed by atoms with Gasteiger partial charge in [0.2, 0.25) is 0 Å². The van der Waals surface area contributed by atoms with Gasteiger partial charge in [0, 0.05) is 13.1 Å². The fourth-order valence-electron chi connectivity index (χ4n) is 1.93. The summed E-state index contributed by atoms with van der Waals surface area (Å²) in [5.41, 5.74) is 2.64. The first kappa shape index (κ1) is 12.0. The second-order valence-corrected chi connectivity index (χ2v) is 4.84. The Balaban J connectivity index is 2.34. The van der Waals surface area contributed by atoms with E-state index in [4.69, 9.17) is 9.47 Å². The van der Waals surface area contributed by atoms with E-state index in [1.54, 1.807) is 14.2 Å². The van der Waals surface area contributed by atoms with Crippen molar-refractivity contribution in [1.82, 2.24) is 4.31 Å². The fraction of sp³-hybridized carbons (Fsp3) is 0.455. The summed E-state index contributed by atoms with van der Waals surface area (Å²) in [6, 6.07) is 4.14. The standard InChI is InChI=1S/C11H15NO2S2/c1-13-10-5-8-3-4-12(16-15)7-9(8)6-11(10)14-2/h5-6,15H,3-4,7H2,1-2H3. The molecule has 0 atom stereocenters. The van der Waals surface area contributed by atoms with Gasteiger partial charge >= 0.3 is 0 Å². The molecule has 0 saturated carbocycles. The van der Waals surface area contributed by atoms with Gasteiger partial charge in [0.05, 0.1) is 14.2 Å². The summed E-state index contributed by atoms with van der Waals surface area (Å²) >= 11 is 4.23. The van der Waals surface area contributed by atoms with E-state index >= 15 is 0 Å². The largest absolute Gasteiger partial charge is 0.493 e. The first-order valence-electron chi connectivity index (χ1n) is 5.08. The van der Waals surface area contributed by atoms with E-state index in [2.05, 4.69) is 28.1 Å². The van der Waals surface area contributed by atoms with Gasteiger partial charge in [-0.15, -0.1) is 0 Å². The van der Waals surface area contributed by atoms with Crippen molar-refractivity contribution in [2.75, 3.05) is 20.8 Å². The molecule has 1 aliphatic heterocycles. The predicted molar refractivity (Wildman–Crippen MR) is 70.2 cm³/mol. The van der Waals surface area contributed by atoms with Crippen molar-refractivity contribution in [3.63, 3.8) is 0 Å². The van der Waals surface area contributed by atoms with Crippen molar-refractivity contribution in [1.29, 1.82) is 0 Å². The summed E-state index contributed by atoms with van der Waals surface area (Å²) in [5, 5.41) is 0. The summed E-state index contributed by atoms with van der Waals surface area (Å²) in [6.07, 6.45) is 1.03. The Hall–Kier alpha value is -0.520. The molecule has 1 heterocycles. The Kier molecular flexibility index (Phi) is 3.89. The average molecular weight is 257 g/mol. The molecule has 88 valence electrons. The molecule has 1 aliphatic rings. The zero-order chi connectivity index (χ0) is 11.5. The number of benzene rings is 1. The minimum Gasteiger partial charge on any atom is -0.493 e. The highest BCUT2D eigenvalue weighted by Crippen LogP contribution is 2.34. The smallest absolute Gasteiger partial charge is 0.161 e. The molecule has 0 radical (unpaired) electrons. The molecule has 0 aliphatic carbocycles. The van der Waals surface area contributed by atoms with Crippen LogP contribution in [0.3, 0.4) is 0 Å². The average Bonchev–Trinajstić information content (AvgIpc) is 2.36.